The van der Waals surface area contributed by atoms with Crippen molar-refractivity contribution in [3.8, 4) is 5.82 Å². The van der Waals surface area contributed by atoms with Gasteiger partial charge in [0.2, 0.25) is 0 Å². The van der Waals surface area contributed by atoms with Crippen molar-refractivity contribution < 1.29 is 0 Å². The molecule has 0 amide bonds. The number of aryl methyl sites for hydroxylation is 1. The Hall–Kier alpha value is -2.20. The molecule has 1 aromatic carbocycles. The summed E-state index contributed by atoms with van der Waals surface area (Å²) in [5.74, 6) is 0.859. The zero-order chi connectivity index (χ0) is 14.3. The van der Waals surface area contributed by atoms with E-state index >= 15 is 0 Å². The second kappa shape index (κ2) is 4.72. The van der Waals surface area contributed by atoms with Crippen molar-refractivity contribution in [3.63, 3.8) is 0 Å². The molecule has 3 rings (SSSR count). The van der Waals surface area contributed by atoms with Crippen LogP contribution in [-0.4, -0.2) is 14.8 Å². The summed E-state index contributed by atoms with van der Waals surface area (Å²) in [7, 11) is 0. The Labute approximate surface area is 118 Å². The van der Waals surface area contributed by atoms with Crippen LogP contribution in [0.25, 0.3) is 16.6 Å². The fourth-order valence-corrected chi connectivity index (χ4v) is 2.43. The Balaban J connectivity index is 2.37. The van der Waals surface area contributed by atoms with Crippen molar-refractivity contribution in [3.05, 3.63) is 53.0 Å². The lowest BCUT2D eigenvalue weighted by molar-refractivity contribution is 0.802. The van der Waals surface area contributed by atoms with Crippen molar-refractivity contribution in [2.45, 2.75) is 27.3 Å². The molecule has 0 spiro atoms. The topological polar surface area (TPSA) is 56.7 Å². The van der Waals surface area contributed by atoms with Gasteiger partial charge in [-0.25, -0.2) is 9.67 Å². The molecular weight excluding hydrogens is 248 g/mol. The fraction of sp³-hybridized carbons (Fsp3) is 0.250. The van der Waals surface area contributed by atoms with Crippen molar-refractivity contribution in [1.29, 1.82) is 0 Å². The van der Waals surface area contributed by atoms with Crippen LogP contribution in [0.2, 0.25) is 0 Å². The molecule has 2 aromatic heterocycles. The Kier molecular flexibility index (Phi) is 3.03. The monoisotopic (exact) mass is 266 g/mol. The van der Waals surface area contributed by atoms with Gasteiger partial charge in [-0.1, -0.05) is 24.3 Å². The molecule has 0 aliphatic carbocycles. The number of benzene rings is 1. The molecule has 0 aliphatic heterocycles. The minimum Gasteiger partial charge on any atom is -0.325 e. The molecule has 2 N–H and O–H groups in total. The summed E-state index contributed by atoms with van der Waals surface area (Å²) in [5.41, 5.74) is 10.0. The Morgan fingerprint density at radius 3 is 2.55 bits per heavy atom. The second-order valence-corrected chi connectivity index (χ2v) is 5.07. The largest absolute Gasteiger partial charge is 0.325 e. The van der Waals surface area contributed by atoms with Crippen LogP contribution in [0.1, 0.15) is 22.6 Å². The van der Waals surface area contributed by atoms with Gasteiger partial charge in [0.05, 0.1) is 11.4 Å². The maximum atomic E-state index is 5.77. The number of fused-ring (bicyclic) bond motifs is 1. The lowest BCUT2D eigenvalue weighted by Crippen LogP contribution is -2.07. The van der Waals surface area contributed by atoms with Gasteiger partial charge in [0.1, 0.15) is 0 Å². The van der Waals surface area contributed by atoms with Gasteiger partial charge in [-0.05, 0) is 37.8 Å². The standard InChI is InChI=1S/C16H18N4/c1-10-11(2)19-20(12(10)3)16-15-7-5-4-6-13(15)8-14(9-17)18-16/h4-8H,9,17H2,1-3H3. The third kappa shape index (κ3) is 1.89. The highest BCUT2D eigenvalue weighted by Crippen LogP contribution is 2.24. The van der Waals surface area contributed by atoms with Gasteiger partial charge in [-0.3, -0.25) is 0 Å². The summed E-state index contributed by atoms with van der Waals surface area (Å²) in [4.78, 5) is 4.68. The van der Waals surface area contributed by atoms with E-state index in [4.69, 9.17) is 5.73 Å². The van der Waals surface area contributed by atoms with E-state index in [0.29, 0.717) is 6.54 Å². The van der Waals surface area contributed by atoms with Crippen molar-refractivity contribution in [2.75, 3.05) is 0 Å². The van der Waals surface area contributed by atoms with Crippen LogP contribution in [0.5, 0.6) is 0 Å². The van der Waals surface area contributed by atoms with Gasteiger partial charge in [-0.15, -0.1) is 0 Å². The SMILES string of the molecule is Cc1nn(-c2nc(CN)cc3ccccc23)c(C)c1C. The first kappa shape index (κ1) is 12.8. The molecule has 0 unspecified atom stereocenters. The van der Waals surface area contributed by atoms with E-state index in [9.17, 15) is 0 Å². The summed E-state index contributed by atoms with van der Waals surface area (Å²) >= 11 is 0. The third-order valence-electron chi connectivity index (χ3n) is 3.84. The maximum absolute atomic E-state index is 5.77. The molecule has 4 heteroatoms. The van der Waals surface area contributed by atoms with Gasteiger partial charge in [0.15, 0.2) is 5.82 Å². The predicted octanol–water partition coefficient (Wildman–Crippen LogP) is 2.80. The molecule has 0 saturated heterocycles. The first-order chi connectivity index (χ1) is 9.61. The molecule has 0 radical (unpaired) electrons. The van der Waals surface area contributed by atoms with E-state index in [0.717, 1.165) is 33.7 Å². The molecule has 0 fully saturated rings. The number of aromatic nitrogens is 3. The molecule has 20 heavy (non-hydrogen) atoms. The zero-order valence-electron chi connectivity index (χ0n) is 12.0. The fourth-order valence-electron chi connectivity index (χ4n) is 2.43. The molecular formula is C16H18N4. The molecule has 0 aliphatic rings. The highest BCUT2D eigenvalue weighted by Gasteiger charge is 2.13. The van der Waals surface area contributed by atoms with Crippen LogP contribution in [0.15, 0.2) is 30.3 Å². The summed E-state index contributed by atoms with van der Waals surface area (Å²) in [6, 6.07) is 10.2. The van der Waals surface area contributed by atoms with Crippen LogP contribution in [-0.2, 0) is 6.54 Å². The Bertz CT molecular complexity index is 787. The molecule has 4 nitrogen and oxygen atoms in total. The average molecular weight is 266 g/mol. The Morgan fingerprint density at radius 2 is 1.90 bits per heavy atom. The van der Waals surface area contributed by atoms with Gasteiger partial charge in [0, 0.05) is 17.6 Å². The van der Waals surface area contributed by atoms with Gasteiger partial charge in [0.25, 0.3) is 0 Å². The lowest BCUT2D eigenvalue weighted by Gasteiger charge is -2.10. The highest BCUT2D eigenvalue weighted by molar-refractivity contribution is 5.88. The van der Waals surface area contributed by atoms with E-state index < -0.39 is 0 Å². The van der Waals surface area contributed by atoms with E-state index in [2.05, 4.69) is 36.1 Å². The second-order valence-electron chi connectivity index (χ2n) is 5.07. The molecule has 0 atom stereocenters. The predicted molar refractivity (Wildman–Crippen MR) is 81.0 cm³/mol. The van der Waals surface area contributed by atoms with E-state index in [1.165, 1.54) is 5.56 Å². The molecule has 0 bridgehead atoms. The van der Waals surface area contributed by atoms with Crippen molar-refractivity contribution in [2.24, 2.45) is 5.73 Å². The Morgan fingerprint density at radius 1 is 1.15 bits per heavy atom. The number of nitrogens with two attached hydrogens (primary N) is 1. The van der Waals surface area contributed by atoms with E-state index in [1.807, 2.05) is 29.8 Å². The summed E-state index contributed by atoms with van der Waals surface area (Å²) in [6.07, 6.45) is 0. The number of nitrogens with zero attached hydrogens (tertiary/aromatic N) is 3. The van der Waals surface area contributed by atoms with E-state index in [1.54, 1.807) is 0 Å². The van der Waals surface area contributed by atoms with Crippen molar-refractivity contribution in [1.82, 2.24) is 14.8 Å². The summed E-state index contributed by atoms with van der Waals surface area (Å²) in [6.45, 7) is 6.61. The van der Waals surface area contributed by atoms with Gasteiger partial charge >= 0.3 is 0 Å². The molecule has 3 aromatic rings. The maximum Gasteiger partial charge on any atom is 0.161 e. The van der Waals surface area contributed by atoms with Crippen molar-refractivity contribution >= 4 is 10.8 Å². The lowest BCUT2D eigenvalue weighted by atomic mass is 10.1. The van der Waals surface area contributed by atoms with Crippen LogP contribution in [0.3, 0.4) is 0 Å². The number of hydrogen-bond donors (Lipinski definition) is 1. The zero-order valence-corrected chi connectivity index (χ0v) is 12.0. The number of rotatable bonds is 2. The minimum absolute atomic E-state index is 0.427. The van der Waals surface area contributed by atoms with E-state index in [-0.39, 0.29) is 0 Å². The first-order valence-electron chi connectivity index (χ1n) is 6.73. The quantitative estimate of drug-likeness (QED) is 0.776. The third-order valence-corrected chi connectivity index (χ3v) is 3.84. The van der Waals surface area contributed by atoms with Crippen LogP contribution in [0, 0.1) is 20.8 Å². The normalized spacial score (nSPS) is 11.2. The van der Waals surface area contributed by atoms with Crippen LogP contribution >= 0.6 is 0 Å². The average Bonchev–Trinajstić information content (AvgIpc) is 2.73. The number of hydrogen-bond acceptors (Lipinski definition) is 3. The van der Waals surface area contributed by atoms with Crippen LogP contribution in [0.4, 0.5) is 0 Å². The number of pyridine rings is 1. The summed E-state index contributed by atoms with van der Waals surface area (Å²) in [5, 5.41) is 6.85. The highest BCUT2D eigenvalue weighted by atomic mass is 15.3. The van der Waals surface area contributed by atoms with Gasteiger partial charge in [-0.2, -0.15) is 5.10 Å². The molecule has 2 heterocycles. The van der Waals surface area contributed by atoms with Crippen LogP contribution < -0.4 is 5.73 Å². The smallest absolute Gasteiger partial charge is 0.161 e. The first-order valence-corrected chi connectivity index (χ1v) is 6.73. The van der Waals surface area contributed by atoms with Gasteiger partial charge < -0.3 is 5.73 Å². The minimum atomic E-state index is 0.427. The molecule has 102 valence electrons. The summed E-state index contributed by atoms with van der Waals surface area (Å²) < 4.78 is 1.92. The molecule has 0 saturated carbocycles.